The maximum Gasteiger partial charge on any atom is 0.345 e. The topological polar surface area (TPSA) is 114 Å². The highest BCUT2D eigenvalue weighted by Crippen LogP contribution is 2.23. The second-order valence-electron chi connectivity index (χ2n) is 8.28. The first kappa shape index (κ1) is 27.8. The number of hydrogen-bond donors (Lipinski definition) is 2. The summed E-state index contributed by atoms with van der Waals surface area (Å²) in [6, 6.07) is 23.3. The molecule has 0 radical (unpaired) electrons. The van der Waals surface area contributed by atoms with Crippen molar-refractivity contribution >= 4 is 57.0 Å². The number of carbonyl (C=O) groups is 2. The zero-order valence-electron chi connectivity index (χ0n) is 20.4. The van der Waals surface area contributed by atoms with Crippen molar-refractivity contribution in [1.29, 1.82) is 0 Å². The normalized spacial score (nSPS) is 11.3. The van der Waals surface area contributed by atoms with Crippen LogP contribution in [0, 0.1) is 6.92 Å². The number of aryl methyl sites for hydroxylation is 1. The first-order valence-corrected chi connectivity index (χ1v) is 13.6. The van der Waals surface area contributed by atoms with Crippen LogP contribution in [0.3, 0.4) is 0 Å². The summed E-state index contributed by atoms with van der Waals surface area (Å²) >= 11 is 11.9. The molecule has 0 unspecified atom stereocenters. The smallest absolute Gasteiger partial charge is 0.345 e. The number of sulfonamides is 1. The molecule has 11 heteroatoms. The van der Waals surface area contributed by atoms with Gasteiger partial charge in [-0.25, -0.2) is 18.6 Å². The third-order valence-corrected chi connectivity index (χ3v) is 7.27. The summed E-state index contributed by atoms with van der Waals surface area (Å²) in [6.07, 6.45) is 1.38. The summed E-state index contributed by atoms with van der Waals surface area (Å²) in [5.41, 5.74) is 4.65. The number of esters is 1. The third kappa shape index (κ3) is 7.44. The molecular weight excluding hydrogens is 561 g/mol. The number of nitrogens with zero attached hydrogens (tertiary/aromatic N) is 1. The van der Waals surface area contributed by atoms with E-state index in [0.29, 0.717) is 16.3 Å². The van der Waals surface area contributed by atoms with Gasteiger partial charge in [-0.15, -0.1) is 0 Å². The van der Waals surface area contributed by atoms with Crippen LogP contribution in [0.5, 0.6) is 5.75 Å². The number of halogens is 2. The van der Waals surface area contributed by atoms with Gasteiger partial charge in [-0.2, -0.15) is 5.10 Å². The lowest BCUT2D eigenvalue weighted by Crippen LogP contribution is -2.18. The Labute approximate surface area is 235 Å². The Morgan fingerprint density at radius 1 is 0.897 bits per heavy atom. The molecule has 0 aliphatic carbocycles. The minimum atomic E-state index is -3.76. The van der Waals surface area contributed by atoms with E-state index in [-0.39, 0.29) is 26.8 Å². The summed E-state index contributed by atoms with van der Waals surface area (Å²) < 4.78 is 32.9. The van der Waals surface area contributed by atoms with E-state index in [4.69, 9.17) is 27.9 Å². The van der Waals surface area contributed by atoms with Crippen LogP contribution >= 0.6 is 23.2 Å². The van der Waals surface area contributed by atoms with Crippen molar-refractivity contribution in [3.63, 3.8) is 0 Å². The second-order valence-corrected chi connectivity index (χ2v) is 10.8. The van der Waals surface area contributed by atoms with Crippen molar-refractivity contribution in [2.24, 2.45) is 5.10 Å². The van der Waals surface area contributed by atoms with E-state index in [1.54, 1.807) is 36.4 Å². The van der Waals surface area contributed by atoms with Crippen LogP contribution in [0.15, 0.2) is 101 Å². The van der Waals surface area contributed by atoms with E-state index < -0.39 is 21.9 Å². The van der Waals surface area contributed by atoms with Gasteiger partial charge in [-0.05, 0) is 79.2 Å². The molecule has 39 heavy (non-hydrogen) atoms. The van der Waals surface area contributed by atoms with Crippen molar-refractivity contribution in [1.82, 2.24) is 5.43 Å². The Morgan fingerprint density at radius 2 is 1.62 bits per heavy atom. The summed E-state index contributed by atoms with van der Waals surface area (Å²) in [5.74, 6) is -0.896. The zero-order valence-corrected chi connectivity index (χ0v) is 22.7. The predicted octanol–water partition coefficient (Wildman–Crippen LogP) is 6.09. The molecule has 0 aliphatic rings. The van der Waals surface area contributed by atoms with Gasteiger partial charge in [-0.1, -0.05) is 53.0 Å². The largest absolute Gasteiger partial charge is 0.423 e. The van der Waals surface area contributed by atoms with E-state index in [1.165, 1.54) is 60.8 Å². The molecule has 4 aromatic rings. The van der Waals surface area contributed by atoms with Crippen LogP contribution in [-0.2, 0) is 10.0 Å². The molecule has 0 aliphatic heterocycles. The van der Waals surface area contributed by atoms with Crippen LogP contribution in [-0.4, -0.2) is 26.5 Å². The lowest BCUT2D eigenvalue weighted by atomic mass is 10.2. The van der Waals surface area contributed by atoms with Gasteiger partial charge in [0.25, 0.3) is 15.9 Å². The van der Waals surface area contributed by atoms with Gasteiger partial charge in [0.15, 0.2) is 0 Å². The number of anilines is 1. The molecule has 0 atom stereocenters. The SMILES string of the molecule is Cc1ccc(S(=O)(=O)Nc2ccc(C(=O)NN=Cc3cccc(OC(=O)c4ccc(Cl)cc4Cl)c3)cc2)cc1. The molecule has 0 fully saturated rings. The quantitative estimate of drug-likeness (QED) is 0.113. The van der Waals surface area contributed by atoms with E-state index in [2.05, 4.69) is 15.2 Å². The molecule has 2 N–H and O–H groups in total. The molecule has 8 nitrogen and oxygen atoms in total. The van der Waals surface area contributed by atoms with Gasteiger partial charge in [0.05, 0.1) is 21.7 Å². The molecule has 4 rings (SSSR count). The van der Waals surface area contributed by atoms with E-state index >= 15 is 0 Å². The highest BCUT2D eigenvalue weighted by atomic mass is 35.5. The molecule has 0 spiro atoms. The Bertz CT molecular complexity index is 1660. The third-order valence-electron chi connectivity index (χ3n) is 5.33. The Morgan fingerprint density at radius 3 is 2.31 bits per heavy atom. The van der Waals surface area contributed by atoms with Crippen LogP contribution in [0.25, 0.3) is 0 Å². The Hall–Kier alpha value is -4.18. The Kier molecular flexibility index (Phi) is 8.65. The number of hydrazone groups is 1. The molecule has 0 aromatic heterocycles. The van der Waals surface area contributed by atoms with Gasteiger partial charge in [0.1, 0.15) is 5.75 Å². The Balaban J connectivity index is 1.34. The summed E-state index contributed by atoms with van der Waals surface area (Å²) in [4.78, 5) is 25.0. The monoisotopic (exact) mass is 581 g/mol. The van der Waals surface area contributed by atoms with Crippen LogP contribution in [0.4, 0.5) is 5.69 Å². The van der Waals surface area contributed by atoms with Gasteiger partial charge < -0.3 is 4.74 Å². The van der Waals surface area contributed by atoms with E-state index in [0.717, 1.165) is 5.56 Å². The van der Waals surface area contributed by atoms with Gasteiger partial charge >= 0.3 is 5.97 Å². The average molecular weight is 582 g/mol. The fraction of sp³-hybridized carbons (Fsp3) is 0.0357. The maximum atomic E-state index is 12.5. The van der Waals surface area contributed by atoms with E-state index in [1.807, 2.05) is 6.92 Å². The predicted molar refractivity (Wildman–Crippen MR) is 151 cm³/mol. The van der Waals surface area contributed by atoms with Crippen molar-refractivity contribution in [3.8, 4) is 5.75 Å². The fourth-order valence-electron chi connectivity index (χ4n) is 3.33. The molecule has 4 aromatic carbocycles. The number of rotatable bonds is 8. The van der Waals surface area contributed by atoms with Crippen molar-refractivity contribution in [2.45, 2.75) is 11.8 Å². The van der Waals surface area contributed by atoms with Gasteiger partial charge in [0, 0.05) is 16.3 Å². The first-order valence-electron chi connectivity index (χ1n) is 11.4. The van der Waals surface area contributed by atoms with Gasteiger partial charge in [0.2, 0.25) is 0 Å². The lowest BCUT2D eigenvalue weighted by Gasteiger charge is -2.09. The summed E-state index contributed by atoms with van der Waals surface area (Å²) in [6.45, 7) is 1.87. The van der Waals surface area contributed by atoms with Crippen molar-refractivity contribution in [2.75, 3.05) is 4.72 Å². The van der Waals surface area contributed by atoms with Crippen LogP contribution < -0.4 is 14.9 Å². The molecular formula is C28H21Cl2N3O5S. The summed E-state index contributed by atoms with van der Waals surface area (Å²) in [7, 11) is -3.76. The maximum absolute atomic E-state index is 12.5. The number of hydrogen-bond acceptors (Lipinski definition) is 6. The molecule has 0 heterocycles. The molecule has 0 saturated carbocycles. The number of carbonyl (C=O) groups excluding carboxylic acids is 2. The first-order chi connectivity index (χ1) is 18.6. The van der Waals surface area contributed by atoms with Crippen LogP contribution in [0.1, 0.15) is 31.8 Å². The number of ether oxygens (including phenoxy) is 1. The van der Waals surface area contributed by atoms with Crippen molar-refractivity contribution in [3.05, 3.63) is 123 Å². The van der Waals surface area contributed by atoms with E-state index in [9.17, 15) is 18.0 Å². The number of benzene rings is 4. The molecule has 0 bridgehead atoms. The standard InChI is InChI=1S/C28H21Cl2N3O5S/c1-18-5-12-24(13-6-18)39(36,37)33-22-10-7-20(8-11-22)27(34)32-31-17-19-3-2-4-23(15-19)38-28(35)25-14-9-21(29)16-26(25)30/h2-17,33H,1H3,(H,32,34). The zero-order chi connectivity index (χ0) is 28.0. The lowest BCUT2D eigenvalue weighted by molar-refractivity contribution is 0.0734. The highest BCUT2D eigenvalue weighted by molar-refractivity contribution is 7.92. The van der Waals surface area contributed by atoms with Crippen LogP contribution in [0.2, 0.25) is 10.0 Å². The molecule has 198 valence electrons. The molecule has 1 amide bonds. The van der Waals surface area contributed by atoms with Crippen molar-refractivity contribution < 1.29 is 22.7 Å². The fourth-order valence-corrected chi connectivity index (χ4v) is 4.87. The molecule has 0 saturated heterocycles. The minimum Gasteiger partial charge on any atom is -0.423 e. The average Bonchev–Trinajstić information content (AvgIpc) is 2.89. The number of amides is 1. The second kappa shape index (κ2) is 12.1. The minimum absolute atomic E-state index is 0.136. The number of nitrogens with one attached hydrogen (secondary N) is 2. The van der Waals surface area contributed by atoms with Gasteiger partial charge in [-0.3, -0.25) is 9.52 Å². The highest BCUT2D eigenvalue weighted by Gasteiger charge is 2.15. The summed E-state index contributed by atoms with van der Waals surface area (Å²) in [5, 5.41) is 4.51.